The number of likely N-dealkylation sites (tertiary alicyclic amines) is 1. The molecular weight excluding hydrogens is 366 g/mol. The molecule has 0 aliphatic carbocycles. The van der Waals surface area contributed by atoms with Crippen LogP contribution in [-0.2, 0) is 9.59 Å². The molecular formula is C16H20BrNO3S. The first-order chi connectivity index (χ1) is 10.5. The lowest BCUT2D eigenvalue weighted by Gasteiger charge is -2.32. The maximum atomic E-state index is 12.3. The maximum absolute atomic E-state index is 12.3. The molecule has 0 radical (unpaired) electrons. The van der Waals surface area contributed by atoms with Gasteiger partial charge in [0.25, 0.3) is 0 Å². The van der Waals surface area contributed by atoms with Crippen LogP contribution >= 0.6 is 27.7 Å². The van der Waals surface area contributed by atoms with Crippen LogP contribution < -0.4 is 0 Å². The first-order valence-corrected chi connectivity index (χ1v) is 9.20. The summed E-state index contributed by atoms with van der Waals surface area (Å²) in [5.41, 5.74) is 0. The summed E-state index contributed by atoms with van der Waals surface area (Å²) >= 11 is 4.97. The zero-order valence-corrected chi connectivity index (χ0v) is 14.7. The number of carboxylic acid groups (broad SMARTS) is 1. The van der Waals surface area contributed by atoms with Gasteiger partial charge >= 0.3 is 5.97 Å². The number of nitrogens with zero attached hydrogens (tertiary/aromatic N) is 1. The molecule has 1 N–H and O–H groups in total. The van der Waals surface area contributed by atoms with Gasteiger partial charge in [0.05, 0.1) is 5.75 Å². The van der Waals surface area contributed by atoms with Gasteiger partial charge in [-0.25, -0.2) is 0 Å². The summed E-state index contributed by atoms with van der Waals surface area (Å²) in [6.45, 7) is 1.49. The van der Waals surface area contributed by atoms with E-state index in [4.69, 9.17) is 5.11 Å². The lowest BCUT2D eigenvalue weighted by Crippen LogP contribution is -2.41. The summed E-state index contributed by atoms with van der Waals surface area (Å²) < 4.78 is 1.01. The number of hydrogen-bond acceptors (Lipinski definition) is 3. The maximum Gasteiger partial charge on any atom is 0.303 e. The number of aliphatic carboxylic acids is 1. The Balaban J connectivity index is 1.80. The Bertz CT molecular complexity index is 538. The van der Waals surface area contributed by atoms with Crippen molar-refractivity contribution in [3.05, 3.63) is 28.7 Å². The molecule has 0 saturated carbocycles. The number of amides is 1. The summed E-state index contributed by atoms with van der Waals surface area (Å²) in [5, 5.41) is 8.76. The minimum atomic E-state index is -0.756. The fourth-order valence-electron chi connectivity index (χ4n) is 2.65. The summed E-state index contributed by atoms with van der Waals surface area (Å²) in [5.74, 6) is 0.144. The lowest BCUT2D eigenvalue weighted by atomic mass is 9.93. The van der Waals surface area contributed by atoms with E-state index in [0.717, 1.165) is 28.8 Å². The van der Waals surface area contributed by atoms with Crippen molar-refractivity contribution in [2.75, 3.05) is 18.8 Å². The molecule has 120 valence electrons. The minimum absolute atomic E-state index is 0.144. The highest BCUT2D eigenvalue weighted by molar-refractivity contribution is 9.10. The second-order valence-corrected chi connectivity index (χ2v) is 7.49. The first-order valence-electron chi connectivity index (χ1n) is 7.42. The summed E-state index contributed by atoms with van der Waals surface area (Å²) in [6.07, 6.45) is 2.85. The summed E-state index contributed by atoms with van der Waals surface area (Å²) in [4.78, 5) is 25.9. The Morgan fingerprint density at radius 1 is 1.41 bits per heavy atom. The molecule has 2 rings (SSSR count). The third-order valence-corrected chi connectivity index (χ3v) is 5.27. The number of halogens is 1. The largest absolute Gasteiger partial charge is 0.481 e. The van der Waals surface area contributed by atoms with Crippen molar-refractivity contribution >= 4 is 39.6 Å². The van der Waals surface area contributed by atoms with Crippen molar-refractivity contribution in [2.24, 2.45) is 5.92 Å². The van der Waals surface area contributed by atoms with Crippen LogP contribution in [0.5, 0.6) is 0 Å². The third kappa shape index (κ3) is 5.65. The van der Waals surface area contributed by atoms with Crippen LogP contribution in [0.25, 0.3) is 0 Å². The molecule has 0 bridgehead atoms. The van der Waals surface area contributed by atoms with Gasteiger partial charge in [0, 0.05) is 28.9 Å². The molecule has 1 amide bonds. The normalized spacial score (nSPS) is 18.2. The monoisotopic (exact) mass is 385 g/mol. The second kappa shape index (κ2) is 8.58. The average Bonchev–Trinajstić information content (AvgIpc) is 2.51. The average molecular weight is 386 g/mol. The standard InChI is InChI=1S/C16H20BrNO3S/c17-13-4-1-5-14(9-13)22-11-15(19)18-8-2-3-12(10-18)6-7-16(20)21/h1,4-5,9,12H,2-3,6-8,10-11H2,(H,20,21). The van der Waals surface area contributed by atoms with Crippen LogP contribution in [0.2, 0.25) is 0 Å². The molecule has 1 aromatic rings. The Morgan fingerprint density at radius 2 is 2.23 bits per heavy atom. The van der Waals surface area contributed by atoms with E-state index in [2.05, 4.69) is 15.9 Å². The number of thioether (sulfide) groups is 1. The van der Waals surface area contributed by atoms with Crippen LogP contribution in [0.15, 0.2) is 33.6 Å². The summed E-state index contributed by atoms with van der Waals surface area (Å²) in [7, 11) is 0. The summed E-state index contributed by atoms with van der Waals surface area (Å²) in [6, 6.07) is 7.92. The molecule has 0 spiro atoms. The van der Waals surface area contributed by atoms with Gasteiger partial charge < -0.3 is 10.0 Å². The van der Waals surface area contributed by atoms with E-state index in [0.29, 0.717) is 24.6 Å². The van der Waals surface area contributed by atoms with Crippen molar-refractivity contribution in [3.8, 4) is 0 Å². The molecule has 1 saturated heterocycles. The number of carboxylic acids is 1. The van der Waals surface area contributed by atoms with E-state index < -0.39 is 5.97 Å². The molecule has 22 heavy (non-hydrogen) atoms. The van der Waals surface area contributed by atoms with Crippen molar-refractivity contribution in [2.45, 2.75) is 30.6 Å². The van der Waals surface area contributed by atoms with Gasteiger partial charge in [-0.2, -0.15) is 0 Å². The molecule has 1 unspecified atom stereocenters. The van der Waals surface area contributed by atoms with Gasteiger partial charge in [-0.3, -0.25) is 9.59 Å². The van der Waals surface area contributed by atoms with E-state index >= 15 is 0 Å². The van der Waals surface area contributed by atoms with Crippen molar-refractivity contribution in [1.29, 1.82) is 0 Å². The number of carbonyl (C=O) groups excluding carboxylic acids is 1. The Kier molecular flexibility index (Phi) is 6.76. The first kappa shape index (κ1) is 17.3. The molecule has 6 heteroatoms. The zero-order chi connectivity index (χ0) is 15.9. The van der Waals surface area contributed by atoms with Crippen LogP contribution in [0, 0.1) is 5.92 Å². The van der Waals surface area contributed by atoms with Crippen LogP contribution in [-0.4, -0.2) is 40.7 Å². The van der Waals surface area contributed by atoms with E-state index in [9.17, 15) is 9.59 Å². The van der Waals surface area contributed by atoms with E-state index in [1.54, 1.807) is 11.8 Å². The van der Waals surface area contributed by atoms with Crippen LogP contribution in [0.1, 0.15) is 25.7 Å². The third-order valence-electron chi connectivity index (χ3n) is 3.80. The Labute approximate surface area is 143 Å². The Morgan fingerprint density at radius 3 is 2.95 bits per heavy atom. The molecule has 1 aliphatic heterocycles. The van der Waals surface area contributed by atoms with E-state index in [1.165, 1.54) is 0 Å². The Hall–Kier alpha value is -1.01. The number of carbonyl (C=O) groups is 2. The van der Waals surface area contributed by atoms with Gasteiger partial charge in [0.15, 0.2) is 0 Å². The number of hydrogen-bond donors (Lipinski definition) is 1. The van der Waals surface area contributed by atoms with Crippen molar-refractivity contribution in [3.63, 3.8) is 0 Å². The zero-order valence-electron chi connectivity index (χ0n) is 12.3. The van der Waals surface area contributed by atoms with Gasteiger partial charge in [0.1, 0.15) is 0 Å². The van der Waals surface area contributed by atoms with Gasteiger partial charge in [-0.15, -0.1) is 11.8 Å². The quantitative estimate of drug-likeness (QED) is 0.759. The van der Waals surface area contributed by atoms with Crippen molar-refractivity contribution in [1.82, 2.24) is 4.90 Å². The highest BCUT2D eigenvalue weighted by Crippen LogP contribution is 2.25. The highest BCUT2D eigenvalue weighted by atomic mass is 79.9. The number of piperidine rings is 1. The van der Waals surface area contributed by atoms with Crippen LogP contribution in [0.4, 0.5) is 0 Å². The van der Waals surface area contributed by atoms with Crippen LogP contribution in [0.3, 0.4) is 0 Å². The topological polar surface area (TPSA) is 57.6 Å². The fourth-order valence-corrected chi connectivity index (χ4v) is 4.06. The van der Waals surface area contributed by atoms with Crippen molar-refractivity contribution < 1.29 is 14.7 Å². The smallest absolute Gasteiger partial charge is 0.303 e. The molecule has 4 nitrogen and oxygen atoms in total. The van der Waals surface area contributed by atoms with E-state index in [1.807, 2.05) is 29.2 Å². The second-order valence-electron chi connectivity index (χ2n) is 5.53. The predicted molar refractivity (Wildman–Crippen MR) is 91.0 cm³/mol. The molecule has 0 aromatic heterocycles. The molecule has 1 heterocycles. The highest BCUT2D eigenvalue weighted by Gasteiger charge is 2.23. The fraction of sp³-hybridized carbons (Fsp3) is 0.500. The van der Waals surface area contributed by atoms with Gasteiger partial charge in [-0.1, -0.05) is 22.0 Å². The lowest BCUT2D eigenvalue weighted by molar-refractivity contribution is -0.137. The number of benzene rings is 1. The molecule has 1 aliphatic rings. The molecule has 1 atom stereocenters. The SMILES string of the molecule is O=C(O)CCC1CCCN(C(=O)CSc2cccc(Br)c2)C1. The van der Waals surface area contributed by atoms with Gasteiger partial charge in [-0.05, 0) is 43.4 Å². The molecule has 1 aromatic carbocycles. The molecule has 1 fully saturated rings. The van der Waals surface area contributed by atoms with Gasteiger partial charge in [0.2, 0.25) is 5.91 Å². The minimum Gasteiger partial charge on any atom is -0.481 e. The number of rotatable bonds is 6. The predicted octanol–water partition coefficient (Wildman–Crippen LogP) is 3.64. The van der Waals surface area contributed by atoms with E-state index in [-0.39, 0.29) is 12.3 Å².